The number of anilines is 1. The average Bonchev–Trinajstić information content (AvgIpc) is 2.65. The van der Waals surface area contributed by atoms with Gasteiger partial charge in [0.25, 0.3) is 0 Å². The first-order valence-electron chi connectivity index (χ1n) is 8.29. The van der Waals surface area contributed by atoms with E-state index in [4.69, 9.17) is 0 Å². The van der Waals surface area contributed by atoms with Gasteiger partial charge in [-0.1, -0.05) is 36.0 Å². The van der Waals surface area contributed by atoms with Crippen molar-refractivity contribution in [2.75, 3.05) is 12.4 Å². The van der Waals surface area contributed by atoms with Crippen LogP contribution in [0, 0.1) is 0 Å². The molecule has 2 amide bonds. The third-order valence-electron chi connectivity index (χ3n) is 4.00. The molecule has 1 unspecified atom stereocenters. The van der Waals surface area contributed by atoms with E-state index in [0.717, 1.165) is 23.9 Å². The Morgan fingerprint density at radius 1 is 1.18 bits per heavy atom. The fourth-order valence-electron chi connectivity index (χ4n) is 2.50. The Hall–Kier alpha value is -2.81. The van der Waals surface area contributed by atoms with E-state index in [1.807, 2.05) is 6.07 Å². The largest absolute Gasteiger partial charge is 0.416 e. The lowest BCUT2D eigenvalue weighted by Crippen LogP contribution is -2.43. The van der Waals surface area contributed by atoms with Gasteiger partial charge < -0.3 is 5.32 Å². The molecule has 1 aliphatic rings. The van der Waals surface area contributed by atoms with Crippen LogP contribution in [0.15, 0.2) is 59.6 Å². The second kappa shape index (κ2) is 8.05. The van der Waals surface area contributed by atoms with E-state index < -0.39 is 17.0 Å². The van der Waals surface area contributed by atoms with E-state index in [2.05, 4.69) is 10.3 Å². The molecule has 146 valence electrons. The van der Waals surface area contributed by atoms with Gasteiger partial charge in [-0.15, -0.1) is 0 Å². The van der Waals surface area contributed by atoms with Gasteiger partial charge >= 0.3 is 6.18 Å². The third-order valence-corrected chi connectivity index (χ3v) is 5.24. The van der Waals surface area contributed by atoms with E-state index in [-0.39, 0.29) is 29.1 Å². The van der Waals surface area contributed by atoms with Crippen LogP contribution in [0.1, 0.15) is 12.0 Å². The number of hydrogen-bond acceptors (Lipinski definition) is 4. The molecule has 0 aliphatic carbocycles. The molecular formula is C19H16F3N3O2S. The minimum absolute atomic E-state index is 0.0263. The summed E-state index contributed by atoms with van der Waals surface area (Å²) in [6.45, 7) is 0. The molecule has 5 nitrogen and oxygen atoms in total. The lowest BCUT2D eigenvalue weighted by atomic mass is 10.2. The summed E-state index contributed by atoms with van der Waals surface area (Å²) in [5.74, 6) is -0.702. The standard InChI is InChI=1S/C19H16F3N3O2S/c1-25-16(26)11-15(17(27)23-13-7-3-2-4-8-13)28-18(25)24-14-9-5-6-12(10-14)19(20,21)22/h2-10,15H,11H2,1H3,(H,23,27). The Morgan fingerprint density at radius 3 is 2.57 bits per heavy atom. The minimum atomic E-state index is -4.49. The second-order valence-corrected chi connectivity index (χ2v) is 7.23. The number of halogens is 3. The first kappa shape index (κ1) is 19.9. The molecule has 0 spiro atoms. The Labute approximate surface area is 163 Å². The smallest absolute Gasteiger partial charge is 0.325 e. The van der Waals surface area contributed by atoms with Crippen LogP contribution in [0.2, 0.25) is 0 Å². The molecule has 3 rings (SSSR count). The predicted octanol–water partition coefficient (Wildman–Crippen LogP) is 4.30. The number of nitrogens with one attached hydrogen (secondary N) is 1. The maximum absolute atomic E-state index is 12.9. The van der Waals surface area contributed by atoms with Gasteiger partial charge in [0.1, 0.15) is 5.25 Å². The van der Waals surface area contributed by atoms with Crippen molar-refractivity contribution in [3.8, 4) is 0 Å². The van der Waals surface area contributed by atoms with Crippen LogP contribution in [-0.2, 0) is 15.8 Å². The molecule has 1 heterocycles. The highest BCUT2D eigenvalue weighted by molar-refractivity contribution is 8.15. The second-order valence-electron chi connectivity index (χ2n) is 6.06. The van der Waals surface area contributed by atoms with E-state index in [1.54, 1.807) is 24.3 Å². The van der Waals surface area contributed by atoms with Gasteiger partial charge in [0.15, 0.2) is 5.17 Å². The summed E-state index contributed by atoms with van der Waals surface area (Å²) < 4.78 is 38.7. The van der Waals surface area contributed by atoms with Crippen molar-refractivity contribution in [2.24, 2.45) is 4.99 Å². The molecule has 0 bridgehead atoms. The molecule has 1 atom stereocenters. The molecule has 2 aromatic carbocycles. The molecule has 1 saturated heterocycles. The Balaban J connectivity index is 1.81. The average molecular weight is 407 g/mol. The van der Waals surface area contributed by atoms with E-state index >= 15 is 0 Å². The van der Waals surface area contributed by atoms with Crippen LogP contribution < -0.4 is 5.32 Å². The number of thioether (sulfide) groups is 1. The van der Waals surface area contributed by atoms with Crippen molar-refractivity contribution >= 4 is 40.1 Å². The molecule has 1 aliphatic heterocycles. The van der Waals surface area contributed by atoms with Gasteiger partial charge in [-0.25, -0.2) is 4.99 Å². The molecule has 28 heavy (non-hydrogen) atoms. The number of rotatable bonds is 3. The molecule has 0 saturated carbocycles. The number of alkyl halides is 3. The normalized spacial score (nSPS) is 19.0. The number of amides is 2. The lowest BCUT2D eigenvalue weighted by Gasteiger charge is -2.28. The van der Waals surface area contributed by atoms with Gasteiger partial charge in [-0.3, -0.25) is 14.5 Å². The first-order valence-corrected chi connectivity index (χ1v) is 9.17. The molecule has 0 radical (unpaired) electrons. The summed E-state index contributed by atoms with van der Waals surface area (Å²) in [6, 6.07) is 13.3. The summed E-state index contributed by atoms with van der Waals surface area (Å²) in [6.07, 6.45) is -4.52. The zero-order valence-corrected chi connectivity index (χ0v) is 15.6. The monoisotopic (exact) mass is 407 g/mol. The molecular weight excluding hydrogens is 391 g/mol. The number of carbonyl (C=O) groups is 2. The number of nitrogens with zero attached hydrogens (tertiary/aromatic N) is 2. The highest BCUT2D eigenvalue weighted by Gasteiger charge is 2.34. The number of aliphatic imine (C=N–C) groups is 1. The predicted molar refractivity (Wildman–Crippen MR) is 102 cm³/mol. The van der Waals surface area contributed by atoms with Crippen molar-refractivity contribution < 1.29 is 22.8 Å². The van der Waals surface area contributed by atoms with Gasteiger partial charge in [0.2, 0.25) is 11.8 Å². The van der Waals surface area contributed by atoms with Crippen molar-refractivity contribution in [2.45, 2.75) is 17.8 Å². The highest BCUT2D eigenvalue weighted by atomic mass is 32.2. The maximum atomic E-state index is 12.9. The topological polar surface area (TPSA) is 61.8 Å². The number of para-hydroxylation sites is 1. The van der Waals surface area contributed by atoms with Gasteiger partial charge in [-0.2, -0.15) is 13.2 Å². The summed E-state index contributed by atoms with van der Waals surface area (Å²) >= 11 is 1.04. The maximum Gasteiger partial charge on any atom is 0.416 e. The van der Waals surface area contributed by atoms with Crippen LogP contribution in [-0.4, -0.2) is 34.2 Å². The van der Waals surface area contributed by atoms with Crippen molar-refractivity contribution in [1.82, 2.24) is 4.90 Å². The van der Waals surface area contributed by atoms with E-state index in [9.17, 15) is 22.8 Å². The Bertz CT molecular complexity index is 916. The van der Waals surface area contributed by atoms with Crippen LogP contribution in [0.5, 0.6) is 0 Å². The quantitative estimate of drug-likeness (QED) is 0.826. The van der Waals surface area contributed by atoms with Crippen LogP contribution in [0.4, 0.5) is 24.5 Å². The third kappa shape index (κ3) is 4.72. The number of carbonyl (C=O) groups excluding carboxylic acids is 2. The fraction of sp³-hybridized carbons (Fsp3) is 0.211. The van der Waals surface area contributed by atoms with Crippen molar-refractivity contribution in [3.05, 3.63) is 60.2 Å². The van der Waals surface area contributed by atoms with Crippen LogP contribution in [0.25, 0.3) is 0 Å². The molecule has 9 heteroatoms. The van der Waals surface area contributed by atoms with Crippen molar-refractivity contribution in [3.63, 3.8) is 0 Å². The molecule has 2 aromatic rings. The van der Waals surface area contributed by atoms with Gasteiger partial charge in [-0.05, 0) is 30.3 Å². The summed E-state index contributed by atoms with van der Waals surface area (Å²) in [5.41, 5.74) is -0.181. The van der Waals surface area contributed by atoms with E-state index in [0.29, 0.717) is 5.69 Å². The van der Waals surface area contributed by atoms with Crippen LogP contribution >= 0.6 is 11.8 Å². The van der Waals surface area contributed by atoms with Crippen LogP contribution in [0.3, 0.4) is 0 Å². The van der Waals surface area contributed by atoms with Crippen molar-refractivity contribution in [1.29, 1.82) is 0 Å². The lowest BCUT2D eigenvalue weighted by molar-refractivity contribution is -0.137. The van der Waals surface area contributed by atoms with E-state index in [1.165, 1.54) is 24.1 Å². The molecule has 1 N–H and O–H groups in total. The summed E-state index contributed by atoms with van der Waals surface area (Å²) in [4.78, 5) is 30.2. The zero-order chi connectivity index (χ0) is 20.3. The first-order chi connectivity index (χ1) is 13.2. The summed E-state index contributed by atoms with van der Waals surface area (Å²) in [5, 5.41) is 2.17. The highest BCUT2D eigenvalue weighted by Crippen LogP contribution is 2.33. The molecule has 1 fully saturated rings. The zero-order valence-electron chi connectivity index (χ0n) is 14.7. The minimum Gasteiger partial charge on any atom is -0.325 e. The Kier molecular flexibility index (Phi) is 5.73. The van der Waals surface area contributed by atoms with Gasteiger partial charge in [0.05, 0.1) is 11.3 Å². The number of benzene rings is 2. The number of amidine groups is 1. The number of hydrogen-bond donors (Lipinski definition) is 1. The fourth-order valence-corrected chi connectivity index (χ4v) is 3.57. The summed E-state index contributed by atoms with van der Waals surface area (Å²) in [7, 11) is 1.48. The van der Waals surface area contributed by atoms with Gasteiger partial charge in [0, 0.05) is 19.2 Å². The molecule has 0 aromatic heterocycles. The Morgan fingerprint density at radius 2 is 1.89 bits per heavy atom. The SMILES string of the molecule is CN1C(=O)CC(C(=O)Nc2ccccc2)SC1=Nc1cccc(C(F)(F)F)c1.